The first kappa shape index (κ1) is 11.0. The van der Waals surface area contributed by atoms with Crippen molar-refractivity contribution >= 4 is 21.6 Å². The van der Waals surface area contributed by atoms with E-state index in [-0.39, 0.29) is 11.6 Å². The van der Waals surface area contributed by atoms with Gasteiger partial charge in [-0.3, -0.25) is 0 Å². The van der Waals surface area contributed by atoms with Crippen LogP contribution in [0, 0.1) is 0 Å². The van der Waals surface area contributed by atoms with E-state index in [0.717, 1.165) is 4.47 Å². The van der Waals surface area contributed by atoms with Crippen LogP contribution in [0.1, 0.15) is 0 Å². The van der Waals surface area contributed by atoms with E-state index in [1.54, 1.807) is 12.1 Å². The normalized spacial score (nSPS) is 10.7. The van der Waals surface area contributed by atoms with Gasteiger partial charge in [0.05, 0.1) is 0 Å². The lowest BCUT2D eigenvalue weighted by Crippen LogP contribution is -2.09. The number of aromatic nitrogens is 4. The Labute approximate surface area is 109 Å². The Hall–Kier alpha value is -2.15. The summed E-state index contributed by atoms with van der Waals surface area (Å²) in [5.41, 5.74) is 0.0264. The highest BCUT2D eigenvalue weighted by atomic mass is 79.9. The van der Waals surface area contributed by atoms with Crippen molar-refractivity contribution in [3.05, 3.63) is 51.6 Å². The Morgan fingerprint density at radius 3 is 2.83 bits per heavy atom. The summed E-state index contributed by atoms with van der Waals surface area (Å²) in [6.07, 6.45) is 3.01. The highest BCUT2D eigenvalue weighted by Gasteiger charge is 2.09. The van der Waals surface area contributed by atoms with Crippen molar-refractivity contribution < 1.29 is 4.74 Å². The topological polar surface area (TPSA) is 72.3 Å². The van der Waals surface area contributed by atoms with E-state index >= 15 is 0 Å². The molecule has 0 radical (unpaired) electrons. The van der Waals surface area contributed by atoms with Crippen molar-refractivity contribution in [2.24, 2.45) is 0 Å². The molecule has 1 aromatic carbocycles. The van der Waals surface area contributed by atoms with Crippen molar-refractivity contribution in [3.8, 4) is 11.6 Å². The number of nitrogens with zero attached hydrogens (tertiary/aromatic N) is 3. The van der Waals surface area contributed by atoms with Crippen LogP contribution in [0.3, 0.4) is 0 Å². The summed E-state index contributed by atoms with van der Waals surface area (Å²) in [5.74, 6) is 0.896. The number of fused-ring (bicyclic) bond motifs is 1. The molecular weight excluding hydrogens is 300 g/mol. The van der Waals surface area contributed by atoms with Gasteiger partial charge in [-0.1, -0.05) is 15.9 Å². The number of hydrogen-bond acceptors (Lipinski definition) is 4. The van der Waals surface area contributed by atoms with Crippen molar-refractivity contribution in [1.29, 1.82) is 0 Å². The van der Waals surface area contributed by atoms with Crippen molar-refractivity contribution in [2.75, 3.05) is 0 Å². The third-order valence-electron chi connectivity index (χ3n) is 2.33. The third kappa shape index (κ3) is 1.88. The van der Waals surface area contributed by atoms with Gasteiger partial charge in [-0.25, -0.2) is 19.3 Å². The molecule has 2 aromatic heterocycles. The number of halogens is 1. The lowest BCUT2D eigenvalue weighted by atomic mass is 10.3. The number of rotatable bonds is 2. The second-order valence-corrected chi connectivity index (χ2v) is 4.43. The van der Waals surface area contributed by atoms with Gasteiger partial charge in [0.1, 0.15) is 5.75 Å². The second-order valence-electron chi connectivity index (χ2n) is 3.51. The van der Waals surface area contributed by atoms with Crippen LogP contribution in [0.15, 0.2) is 45.9 Å². The molecule has 0 aliphatic heterocycles. The van der Waals surface area contributed by atoms with Crippen LogP contribution >= 0.6 is 15.9 Å². The second kappa shape index (κ2) is 4.26. The molecule has 7 heteroatoms. The zero-order valence-electron chi connectivity index (χ0n) is 9.00. The molecule has 0 aliphatic rings. The standard InChI is InChI=1S/C11H7BrN4O2/c12-7-1-3-8(4-2-7)18-10-9-14-15-11(17)16(9)6-5-13-10/h1-6H,(H,15,17). The van der Waals surface area contributed by atoms with E-state index < -0.39 is 0 Å². The van der Waals surface area contributed by atoms with E-state index in [4.69, 9.17) is 4.74 Å². The molecule has 0 aliphatic carbocycles. The number of hydrogen-bond donors (Lipinski definition) is 1. The Kier molecular flexibility index (Phi) is 2.60. The van der Waals surface area contributed by atoms with E-state index in [2.05, 4.69) is 31.1 Å². The fourth-order valence-electron chi connectivity index (χ4n) is 1.51. The number of aromatic amines is 1. The highest BCUT2D eigenvalue weighted by molar-refractivity contribution is 9.10. The lowest BCUT2D eigenvalue weighted by Gasteiger charge is -2.04. The van der Waals surface area contributed by atoms with Gasteiger partial charge in [0.2, 0.25) is 5.65 Å². The van der Waals surface area contributed by atoms with Gasteiger partial charge >= 0.3 is 5.69 Å². The minimum absolute atomic E-state index is 0.276. The van der Waals surface area contributed by atoms with Crippen LogP contribution in [-0.4, -0.2) is 19.6 Å². The van der Waals surface area contributed by atoms with Gasteiger partial charge in [-0.2, -0.15) is 0 Å². The van der Waals surface area contributed by atoms with Gasteiger partial charge in [0.15, 0.2) is 0 Å². The summed E-state index contributed by atoms with van der Waals surface area (Å²) in [5, 5.41) is 6.20. The van der Waals surface area contributed by atoms with Crippen LogP contribution in [0.4, 0.5) is 0 Å². The zero-order valence-corrected chi connectivity index (χ0v) is 10.6. The lowest BCUT2D eigenvalue weighted by molar-refractivity contribution is 0.464. The first-order valence-electron chi connectivity index (χ1n) is 5.09. The summed E-state index contributed by atoms with van der Waals surface area (Å²) >= 11 is 3.34. The molecular formula is C11H7BrN4O2. The van der Waals surface area contributed by atoms with E-state index in [9.17, 15) is 4.79 Å². The maximum absolute atomic E-state index is 11.4. The Balaban J connectivity index is 2.04. The molecule has 0 saturated heterocycles. The molecule has 0 saturated carbocycles. The van der Waals surface area contributed by atoms with Gasteiger partial charge in [-0.15, -0.1) is 5.10 Å². The Morgan fingerprint density at radius 1 is 1.28 bits per heavy atom. The van der Waals surface area contributed by atoms with Crippen molar-refractivity contribution in [3.63, 3.8) is 0 Å². The van der Waals surface area contributed by atoms with E-state index in [1.165, 1.54) is 16.8 Å². The molecule has 6 nitrogen and oxygen atoms in total. The Bertz CT molecular complexity index is 748. The number of H-pyrrole nitrogens is 1. The molecule has 0 bridgehead atoms. The van der Waals surface area contributed by atoms with Crippen LogP contribution in [0.25, 0.3) is 5.65 Å². The maximum atomic E-state index is 11.4. The molecule has 1 N–H and O–H groups in total. The van der Waals surface area contributed by atoms with E-state index in [0.29, 0.717) is 11.4 Å². The summed E-state index contributed by atoms with van der Waals surface area (Å²) in [7, 11) is 0. The fraction of sp³-hybridized carbons (Fsp3) is 0. The molecule has 0 atom stereocenters. The van der Waals surface area contributed by atoms with Gasteiger partial charge in [-0.05, 0) is 24.3 Å². The number of benzene rings is 1. The molecule has 18 heavy (non-hydrogen) atoms. The molecule has 0 spiro atoms. The Morgan fingerprint density at radius 2 is 2.06 bits per heavy atom. The number of ether oxygens (including phenoxy) is 1. The van der Waals surface area contributed by atoms with Gasteiger partial charge in [0.25, 0.3) is 5.88 Å². The monoisotopic (exact) mass is 306 g/mol. The molecule has 0 amide bonds. The maximum Gasteiger partial charge on any atom is 0.347 e. The average molecular weight is 307 g/mol. The van der Waals surface area contributed by atoms with Crippen LogP contribution in [-0.2, 0) is 0 Å². The quantitative estimate of drug-likeness (QED) is 0.785. The summed E-state index contributed by atoms with van der Waals surface area (Å²) in [6, 6.07) is 7.29. The van der Waals surface area contributed by atoms with Crippen molar-refractivity contribution in [1.82, 2.24) is 19.6 Å². The molecule has 0 unspecified atom stereocenters. The van der Waals surface area contributed by atoms with Crippen LogP contribution in [0.5, 0.6) is 11.6 Å². The smallest absolute Gasteiger partial charge is 0.347 e. The molecule has 0 fully saturated rings. The van der Waals surface area contributed by atoms with Gasteiger partial charge in [0, 0.05) is 16.9 Å². The first-order chi connectivity index (χ1) is 8.74. The molecule has 90 valence electrons. The zero-order chi connectivity index (χ0) is 12.5. The fourth-order valence-corrected chi connectivity index (χ4v) is 1.77. The minimum Gasteiger partial charge on any atom is -0.436 e. The third-order valence-corrected chi connectivity index (χ3v) is 2.86. The predicted octanol–water partition coefficient (Wildman–Crippen LogP) is 1.97. The average Bonchev–Trinajstić information content (AvgIpc) is 2.76. The SMILES string of the molecule is O=c1[nH]nc2c(Oc3ccc(Br)cc3)nccn12. The summed E-state index contributed by atoms with van der Waals surface area (Å²) in [4.78, 5) is 15.4. The molecule has 2 heterocycles. The summed E-state index contributed by atoms with van der Waals surface area (Å²) in [6.45, 7) is 0. The molecule has 3 rings (SSSR count). The largest absolute Gasteiger partial charge is 0.436 e. The predicted molar refractivity (Wildman–Crippen MR) is 67.8 cm³/mol. The summed E-state index contributed by atoms with van der Waals surface area (Å²) < 4.78 is 7.88. The molecule has 3 aromatic rings. The van der Waals surface area contributed by atoms with Crippen LogP contribution in [0.2, 0.25) is 0 Å². The first-order valence-corrected chi connectivity index (χ1v) is 5.88. The number of nitrogens with one attached hydrogen (secondary N) is 1. The van der Waals surface area contributed by atoms with E-state index in [1.807, 2.05) is 12.1 Å². The highest BCUT2D eigenvalue weighted by Crippen LogP contribution is 2.23. The van der Waals surface area contributed by atoms with Crippen molar-refractivity contribution in [2.45, 2.75) is 0 Å². The van der Waals surface area contributed by atoms with Gasteiger partial charge < -0.3 is 4.74 Å². The minimum atomic E-state index is -0.326. The van der Waals surface area contributed by atoms with Crippen LogP contribution < -0.4 is 10.4 Å².